The van der Waals surface area contributed by atoms with Gasteiger partial charge in [-0.3, -0.25) is 4.79 Å². The number of piperazine rings is 1. The van der Waals surface area contributed by atoms with E-state index in [2.05, 4.69) is 41.1 Å². The van der Waals surface area contributed by atoms with Crippen LogP contribution in [0.4, 0.5) is 0 Å². The van der Waals surface area contributed by atoms with Crippen LogP contribution < -0.4 is 0 Å². The number of likely N-dealkylation sites (N-methyl/N-ethyl adjacent to an activating group) is 1. The van der Waals surface area contributed by atoms with Gasteiger partial charge >= 0.3 is 0 Å². The smallest absolute Gasteiger partial charge is 0.234 e. The van der Waals surface area contributed by atoms with E-state index in [0.717, 1.165) is 42.0 Å². The quantitative estimate of drug-likeness (QED) is 0.841. The van der Waals surface area contributed by atoms with Crippen LogP contribution in [0.1, 0.15) is 37.0 Å². The highest BCUT2D eigenvalue weighted by molar-refractivity contribution is 7.16. The number of rotatable bonds is 4. The largest absolute Gasteiger partial charge is 0.340 e. The van der Waals surface area contributed by atoms with E-state index in [0.29, 0.717) is 12.8 Å². The fourth-order valence-corrected chi connectivity index (χ4v) is 3.40. The van der Waals surface area contributed by atoms with Crippen LogP contribution in [-0.2, 0) is 11.2 Å². The van der Waals surface area contributed by atoms with Gasteiger partial charge in [-0.2, -0.15) is 9.61 Å². The third-order valence-electron chi connectivity index (χ3n) is 3.98. The second-order valence-electron chi connectivity index (χ2n) is 6.09. The topological polar surface area (TPSA) is 66.6 Å². The van der Waals surface area contributed by atoms with Gasteiger partial charge in [0, 0.05) is 44.9 Å². The summed E-state index contributed by atoms with van der Waals surface area (Å²) in [6, 6.07) is 0. The highest BCUT2D eigenvalue weighted by Crippen LogP contribution is 2.19. The molecule has 1 fully saturated rings. The van der Waals surface area contributed by atoms with Crippen molar-refractivity contribution in [2.75, 3.05) is 33.2 Å². The number of hydrogen-bond donors (Lipinski definition) is 0. The molecule has 0 unspecified atom stereocenters. The van der Waals surface area contributed by atoms with Gasteiger partial charge in [0.05, 0.1) is 0 Å². The van der Waals surface area contributed by atoms with Crippen molar-refractivity contribution < 1.29 is 4.79 Å². The lowest BCUT2D eigenvalue weighted by molar-refractivity contribution is -0.132. The Morgan fingerprint density at radius 3 is 2.64 bits per heavy atom. The van der Waals surface area contributed by atoms with Gasteiger partial charge in [0.1, 0.15) is 5.01 Å². The molecule has 1 saturated heterocycles. The van der Waals surface area contributed by atoms with E-state index in [1.54, 1.807) is 0 Å². The zero-order valence-electron chi connectivity index (χ0n) is 13.3. The van der Waals surface area contributed by atoms with E-state index in [4.69, 9.17) is 0 Å². The normalized spacial score (nSPS) is 16.8. The van der Waals surface area contributed by atoms with E-state index in [9.17, 15) is 4.79 Å². The lowest BCUT2D eigenvalue weighted by atomic mass is 10.2. The first-order valence-corrected chi connectivity index (χ1v) is 8.53. The molecule has 0 N–H and O–H groups in total. The summed E-state index contributed by atoms with van der Waals surface area (Å²) in [4.78, 5) is 17.3. The molecule has 2 aromatic heterocycles. The first-order chi connectivity index (χ1) is 10.5. The van der Waals surface area contributed by atoms with Crippen molar-refractivity contribution in [3.8, 4) is 0 Å². The number of aryl methyl sites for hydroxylation is 1. The Balaban J connectivity index is 1.60. The molecule has 0 saturated carbocycles. The minimum absolute atomic E-state index is 0.225. The Labute approximate surface area is 133 Å². The summed E-state index contributed by atoms with van der Waals surface area (Å²) >= 11 is 1.52. The van der Waals surface area contributed by atoms with E-state index in [-0.39, 0.29) is 11.8 Å². The number of fused-ring (bicyclic) bond motifs is 1. The fraction of sp³-hybridized carbons (Fsp3) is 0.714. The maximum absolute atomic E-state index is 12.3. The molecule has 22 heavy (non-hydrogen) atoms. The molecule has 1 aliphatic heterocycles. The van der Waals surface area contributed by atoms with Gasteiger partial charge in [-0.25, -0.2) is 0 Å². The molecule has 120 valence electrons. The third kappa shape index (κ3) is 3.12. The van der Waals surface area contributed by atoms with Crippen LogP contribution in [0.5, 0.6) is 0 Å². The average molecular weight is 322 g/mol. The molecular formula is C14H22N6OS. The van der Waals surface area contributed by atoms with E-state index < -0.39 is 0 Å². The predicted molar refractivity (Wildman–Crippen MR) is 85.1 cm³/mol. The number of amides is 1. The molecule has 0 bridgehead atoms. The summed E-state index contributed by atoms with van der Waals surface area (Å²) < 4.78 is 1.81. The molecule has 0 spiro atoms. The Hall–Kier alpha value is -1.54. The van der Waals surface area contributed by atoms with Gasteiger partial charge in [-0.05, 0) is 7.05 Å². The van der Waals surface area contributed by atoms with Gasteiger partial charge < -0.3 is 9.80 Å². The minimum atomic E-state index is 0.225. The van der Waals surface area contributed by atoms with Crippen molar-refractivity contribution >= 4 is 22.2 Å². The van der Waals surface area contributed by atoms with Crippen LogP contribution in [0, 0.1) is 0 Å². The number of aromatic nitrogens is 4. The lowest BCUT2D eigenvalue weighted by Gasteiger charge is -2.32. The van der Waals surface area contributed by atoms with Crippen LogP contribution in [0.2, 0.25) is 0 Å². The van der Waals surface area contributed by atoms with E-state index >= 15 is 0 Å². The van der Waals surface area contributed by atoms with E-state index in [1.165, 1.54) is 11.3 Å². The van der Waals surface area contributed by atoms with Gasteiger partial charge in [-0.15, -0.1) is 10.2 Å². The average Bonchev–Trinajstić information content (AvgIpc) is 3.04. The molecule has 3 rings (SSSR count). The first-order valence-electron chi connectivity index (χ1n) is 7.72. The lowest BCUT2D eigenvalue weighted by Crippen LogP contribution is -2.47. The van der Waals surface area contributed by atoms with Gasteiger partial charge in [0.2, 0.25) is 10.9 Å². The molecule has 0 aliphatic carbocycles. The standard InChI is InChI=1S/C14H22N6OS/c1-10(2)13-15-16-14-20(13)17-11(22-14)4-5-12(21)19-8-6-18(3)7-9-19/h10H,4-9H2,1-3H3. The van der Waals surface area contributed by atoms with E-state index in [1.807, 2.05) is 9.42 Å². The molecular weight excluding hydrogens is 300 g/mol. The zero-order valence-corrected chi connectivity index (χ0v) is 14.1. The highest BCUT2D eigenvalue weighted by atomic mass is 32.1. The molecule has 2 aromatic rings. The van der Waals surface area contributed by atoms with Crippen molar-refractivity contribution in [1.82, 2.24) is 29.6 Å². The maximum Gasteiger partial charge on any atom is 0.234 e. The Bertz CT molecular complexity index is 655. The molecule has 8 heteroatoms. The van der Waals surface area contributed by atoms with Gasteiger partial charge in [0.25, 0.3) is 0 Å². The SMILES string of the molecule is CC(C)c1nnc2sc(CCC(=O)N3CCN(C)CC3)nn12. The molecule has 0 aromatic carbocycles. The number of hydrogen-bond acceptors (Lipinski definition) is 6. The Morgan fingerprint density at radius 2 is 1.95 bits per heavy atom. The highest BCUT2D eigenvalue weighted by Gasteiger charge is 2.20. The van der Waals surface area contributed by atoms with Crippen LogP contribution >= 0.6 is 11.3 Å². The van der Waals surface area contributed by atoms with Gasteiger partial charge in [-0.1, -0.05) is 25.2 Å². The molecule has 3 heterocycles. The van der Waals surface area contributed by atoms with Crippen LogP contribution in [0.25, 0.3) is 4.96 Å². The van der Waals surface area contributed by atoms with Crippen molar-refractivity contribution in [3.63, 3.8) is 0 Å². The summed E-state index contributed by atoms with van der Waals surface area (Å²) in [5.41, 5.74) is 0. The predicted octanol–water partition coefficient (Wildman–Crippen LogP) is 1.02. The minimum Gasteiger partial charge on any atom is -0.340 e. The molecule has 1 amide bonds. The maximum atomic E-state index is 12.3. The Kier molecular flexibility index (Phi) is 4.39. The zero-order chi connectivity index (χ0) is 15.7. The molecule has 7 nitrogen and oxygen atoms in total. The number of carbonyl (C=O) groups excluding carboxylic acids is 1. The van der Waals surface area contributed by atoms with Crippen molar-refractivity contribution in [2.45, 2.75) is 32.6 Å². The third-order valence-corrected chi connectivity index (χ3v) is 4.94. The second kappa shape index (κ2) is 6.29. The number of nitrogens with zero attached hydrogens (tertiary/aromatic N) is 6. The van der Waals surface area contributed by atoms with Crippen LogP contribution in [-0.4, -0.2) is 68.7 Å². The van der Waals surface area contributed by atoms with Crippen molar-refractivity contribution in [2.24, 2.45) is 0 Å². The number of carbonyl (C=O) groups is 1. The Morgan fingerprint density at radius 1 is 1.23 bits per heavy atom. The van der Waals surface area contributed by atoms with Crippen LogP contribution in [0.3, 0.4) is 0 Å². The van der Waals surface area contributed by atoms with Gasteiger partial charge in [0.15, 0.2) is 5.82 Å². The summed E-state index contributed by atoms with van der Waals surface area (Å²) in [7, 11) is 2.09. The fourth-order valence-electron chi connectivity index (χ4n) is 2.56. The monoisotopic (exact) mass is 322 g/mol. The molecule has 0 radical (unpaired) electrons. The first kappa shape index (κ1) is 15.4. The second-order valence-corrected chi connectivity index (χ2v) is 7.13. The van der Waals surface area contributed by atoms with Crippen molar-refractivity contribution in [3.05, 3.63) is 10.8 Å². The summed E-state index contributed by atoms with van der Waals surface area (Å²) in [6.45, 7) is 7.73. The summed E-state index contributed by atoms with van der Waals surface area (Å²) in [5, 5.41) is 13.8. The van der Waals surface area contributed by atoms with Crippen molar-refractivity contribution in [1.29, 1.82) is 0 Å². The molecule has 1 aliphatic rings. The summed E-state index contributed by atoms with van der Waals surface area (Å²) in [5.74, 6) is 1.39. The summed E-state index contributed by atoms with van der Waals surface area (Å²) in [6.07, 6.45) is 1.20. The molecule has 0 atom stereocenters. The van der Waals surface area contributed by atoms with Crippen LogP contribution in [0.15, 0.2) is 0 Å².